The van der Waals surface area contributed by atoms with Crippen LogP contribution >= 0.6 is 0 Å². The van der Waals surface area contributed by atoms with Crippen molar-refractivity contribution in [2.45, 2.75) is 39.3 Å². The van der Waals surface area contributed by atoms with E-state index in [-0.39, 0.29) is 6.04 Å². The molecule has 0 heterocycles. The molecule has 0 aliphatic rings. The van der Waals surface area contributed by atoms with E-state index in [1.54, 1.807) is 6.92 Å². The predicted molar refractivity (Wildman–Crippen MR) is 71.0 cm³/mol. The third-order valence-corrected chi connectivity index (χ3v) is 2.98. The number of nitrogens with one attached hydrogen (secondary N) is 1. The predicted octanol–water partition coefficient (Wildman–Crippen LogP) is 2.52. The topological polar surface area (TPSA) is 58.6 Å². The van der Waals surface area contributed by atoms with Crippen molar-refractivity contribution in [2.24, 2.45) is 0 Å². The highest BCUT2D eigenvalue weighted by Gasteiger charge is 2.19. The number of aryl methyl sites for hydroxylation is 1. The average molecular weight is 251 g/mol. The van der Waals surface area contributed by atoms with Gasteiger partial charge >= 0.3 is 5.97 Å². The van der Waals surface area contributed by atoms with Gasteiger partial charge in [0.1, 0.15) is 5.75 Å². The second-order valence-electron chi connectivity index (χ2n) is 4.40. The van der Waals surface area contributed by atoms with Gasteiger partial charge in [0, 0.05) is 11.6 Å². The molecule has 0 aromatic heterocycles. The Kier molecular flexibility index (Phi) is 5.16. The lowest BCUT2D eigenvalue weighted by Gasteiger charge is -2.20. The maximum Gasteiger partial charge on any atom is 0.344 e. The van der Waals surface area contributed by atoms with E-state index in [0.717, 1.165) is 11.1 Å². The second-order valence-corrected chi connectivity index (χ2v) is 4.40. The number of rotatable bonds is 6. The lowest BCUT2D eigenvalue weighted by Crippen LogP contribution is -2.27. The summed E-state index contributed by atoms with van der Waals surface area (Å²) in [6.45, 7) is 5.82. The number of hydrogen-bond donors (Lipinski definition) is 2. The SMILES string of the molecule is CCC(Oc1ccc(C)cc1C(C)NC)C(=O)O. The summed E-state index contributed by atoms with van der Waals surface area (Å²) in [6.07, 6.45) is -0.355. The Labute approximate surface area is 108 Å². The van der Waals surface area contributed by atoms with Gasteiger partial charge in [0.15, 0.2) is 6.10 Å². The van der Waals surface area contributed by atoms with Gasteiger partial charge in [0.2, 0.25) is 0 Å². The van der Waals surface area contributed by atoms with Gasteiger partial charge in [0.05, 0.1) is 0 Å². The van der Waals surface area contributed by atoms with E-state index >= 15 is 0 Å². The Morgan fingerprint density at radius 3 is 2.67 bits per heavy atom. The Hall–Kier alpha value is -1.55. The van der Waals surface area contributed by atoms with Crippen molar-refractivity contribution in [1.29, 1.82) is 0 Å². The zero-order valence-corrected chi connectivity index (χ0v) is 11.4. The fourth-order valence-corrected chi connectivity index (χ4v) is 1.73. The van der Waals surface area contributed by atoms with E-state index in [1.165, 1.54) is 0 Å². The first-order valence-corrected chi connectivity index (χ1v) is 6.16. The van der Waals surface area contributed by atoms with Gasteiger partial charge in [-0.1, -0.05) is 24.6 Å². The van der Waals surface area contributed by atoms with Gasteiger partial charge < -0.3 is 15.2 Å². The molecular formula is C14H21NO3. The fourth-order valence-electron chi connectivity index (χ4n) is 1.73. The number of carboxylic acids is 1. The van der Waals surface area contributed by atoms with Gasteiger partial charge in [-0.05, 0) is 33.4 Å². The van der Waals surface area contributed by atoms with Crippen LogP contribution in [0.1, 0.15) is 37.4 Å². The highest BCUT2D eigenvalue weighted by Crippen LogP contribution is 2.27. The zero-order valence-electron chi connectivity index (χ0n) is 11.4. The van der Waals surface area contributed by atoms with Crippen LogP contribution < -0.4 is 10.1 Å². The largest absolute Gasteiger partial charge is 0.479 e. The summed E-state index contributed by atoms with van der Waals surface area (Å²) in [7, 11) is 1.87. The first-order chi connectivity index (χ1) is 8.49. The summed E-state index contributed by atoms with van der Waals surface area (Å²) >= 11 is 0. The van der Waals surface area contributed by atoms with Gasteiger partial charge in [-0.3, -0.25) is 0 Å². The molecule has 0 fully saturated rings. The van der Waals surface area contributed by atoms with E-state index in [0.29, 0.717) is 12.2 Å². The number of carboxylic acid groups (broad SMARTS) is 1. The molecule has 0 radical (unpaired) electrons. The molecule has 0 aliphatic heterocycles. The maximum atomic E-state index is 11.0. The molecule has 0 saturated heterocycles. The first kappa shape index (κ1) is 14.5. The average Bonchev–Trinajstić information content (AvgIpc) is 2.35. The summed E-state index contributed by atoms with van der Waals surface area (Å²) < 4.78 is 5.59. The van der Waals surface area contributed by atoms with E-state index in [1.807, 2.05) is 39.1 Å². The van der Waals surface area contributed by atoms with Crippen LogP contribution in [0.25, 0.3) is 0 Å². The van der Waals surface area contributed by atoms with Crippen LogP contribution in [0.4, 0.5) is 0 Å². The van der Waals surface area contributed by atoms with Crippen molar-refractivity contribution in [3.05, 3.63) is 29.3 Å². The molecule has 0 bridgehead atoms. The minimum atomic E-state index is -0.930. The van der Waals surface area contributed by atoms with Gasteiger partial charge in [-0.25, -0.2) is 4.79 Å². The minimum Gasteiger partial charge on any atom is -0.479 e. The van der Waals surface area contributed by atoms with E-state index < -0.39 is 12.1 Å². The Morgan fingerprint density at radius 1 is 1.50 bits per heavy atom. The molecule has 18 heavy (non-hydrogen) atoms. The number of benzene rings is 1. The molecule has 0 saturated carbocycles. The van der Waals surface area contributed by atoms with Crippen LogP contribution in [-0.4, -0.2) is 24.2 Å². The zero-order chi connectivity index (χ0) is 13.7. The van der Waals surface area contributed by atoms with Crippen molar-refractivity contribution < 1.29 is 14.6 Å². The summed E-state index contributed by atoms with van der Waals surface area (Å²) in [5.74, 6) is -0.294. The van der Waals surface area contributed by atoms with E-state index in [4.69, 9.17) is 9.84 Å². The summed E-state index contributed by atoms with van der Waals surface area (Å²) in [5.41, 5.74) is 2.11. The van der Waals surface area contributed by atoms with Crippen LogP contribution in [0, 0.1) is 6.92 Å². The molecule has 2 N–H and O–H groups in total. The van der Waals surface area contributed by atoms with Crippen LogP contribution in [0.5, 0.6) is 5.75 Å². The number of hydrogen-bond acceptors (Lipinski definition) is 3. The van der Waals surface area contributed by atoms with Crippen molar-refractivity contribution >= 4 is 5.97 Å². The summed E-state index contributed by atoms with van der Waals surface area (Å²) in [6, 6.07) is 5.90. The minimum absolute atomic E-state index is 0.117. The third kappa shape index (κ3) is 3.47. The summed E-state index contributed by atoms with van der Waals surface area (Å²) in [4.78, 5) is 11.0. The monoisotopic (exact) mass is 251 g/mol. The van der Waals surface area contributed by atoms with E-state index in [2.05, 4.69) is 5.32 Å². The van der Waals surface area contributed by atoms with Crippen molar-refractivity contribution in [1.82, 2.24) is 5.32 Å². The lowest BCUT2D eigenvalue weighted by molar-refractivity contribution is -0.145. The fraction of sp³-hybridized carbons (Fsp3) is 0.500. The van der Waals surface area contributed by atoms with Crippen LogP contribution in [0.2, 0.25) is 0 Å². The number of aliphatic carboxylic acids is 1. The third-order valence-electron chi connectivity index (χ3n) is 2.98. The normalized spacial score (nSPS) is 14.0. The molecule has 0 aliphatic carbocycles. The van der Waals surface area contributed by atoms with E-state index in [9.17, 15) is 4.79 Å². The molecule has 1 rings (SSSR count). The Bertz CT molecular complexity index is 418. The molecule has 1 aromatic rings. The molecule has 1 aromatic carbocycles. The molecule has 0 amide bonds. The quantitative estimate of drug-likeness (QED) is 0.815. The molecule has 100 valence electrons. The molecule has 0 spiro atoms. The molecule has 4 heteroatoms. The van der Waals surface area contributed by atoms with Crippen molar-refractivity contribution in [3.8, 4) is 5.75 Å². The van der Waals surface area contributed by atoms with Gasteiger partial charge in [-0.15, -0.1) is 0 Å². The first-order valence-electron chi connectivity index (χ1n) is 6.16. The van der Waals surface area contributed by atoms with Crippen molar-refractivity contribution in [3.63, 3.8) is 0 Å². The smallest absolute Gasteiger partial charge is 0.344 e. The van der Waals surface area contributed by atoms with Crippen LogP contribution in [-0.2, 0) is 4.79 Å². The number of carbonyl (C=O) groups is 1. The van der Waals surface area contributed by atoms with Gasteiger partial charge in [-0.2, -0.15) is 0 Å². The van der Waals surface area contributed by atoms with Crippen LogP contribution in [0.15, 0.2) is 18.2 Å². The number of ether oxygens (including phenoxy) is 1. The summed E-state index contributed by atoms with van der Waals surface area (Å²) in [5, 5.41) is 12.2. The molecule has 2 unspecified atom stereocenters. The van der Waals surface area contributed by atoms with Gasteiger partial charge in [0.25, 0.3) is 0 Å². The van der Waals surface area contributed by atoms with Crippen molar-refractivity contribution in [2.75, 3.05) is 7.05 Å². The second kappa shape index (κ2) is 6.40. The molecule has 2 atom stereocenters. The standard InChI is InChI=1S/C14H21NO3/c1-5-12(14(16)17)18-13-7-6-9(2)8-11(13)10(3)15-4/h6-8,10,12,15H,5H2,1-4H3,(H,16,17). The molecule has 4 nitrogen and oxygen atoms in total. The van der Waals surface area contributed by atoms with Crippen LogP contribution in [0.3, 0.4) is 0 Å². The molecular weight excluding hydrogens is 230 g/mol. The lowest BCUT2D eigenvalue weighted by atomic mass is 10.0. The maximum absolute atomic E-state index is 11.0. The Morgan fingerprint density at radius 2 is 2.17 bits per heavy atom. The Balaban J connectivity index is 3.04. The highest BCUT2D eigenvalue weighted by molar-refractivity contribution is 5.72. The highest BCUT2D eigenvalue weighted by atomic mass is 16.5.